The molecule has 1 nitrogen and oxygen atoms in total. The smallest absolute Gasteiger partial charge is 0.0612 e. The average Bonchev–Trinajstić information content (AvgIpc) is 2.14. The molecule has 0 aromatic rings. The minimum atomic E-state index is 0.152. The van der Waals surface area contributed by atoms with Crippen LogP contribution in [0.15, 0.2) is 24.3 Å². The summed E-state index contributed by atoms with van der Waals surface area (Å²) in [6.45, 7) is 6.74. The Labute approximate surface area is 82.2 Å². The molecule has 0 rings (SSSR count). The second-order valence-electron chi connectivity index (χ2n) is 3.64. The molecule has 0 bridgehead atoms. The first kappa shape index (κ1) is 12.4. The molecule has 2 unspecified atom stereocenters. The van der Waals surface area contributed by atoms with Gasteiger partial charge in [0.05, 0.1) is 6.61 Å². The molecule has 0 aliphatic carbocycles. The fourth-order valence-electron chi connectivity index (χ4n) is 1.03. The number of rotatable bonds is 6. The summed E-state index contributed by atoms with van der Waals surface area (Å²) < 4.78 is 0. The van der Waals surface area contributed by atoms with Gasteiger partial charge in [0.25, 0.3) is 0 Å². The van der Waals surface area contributed by atoms with Crippen LogP contribution in [0, 0.1) is 11.8 Å². The van der Waals surface area contributed by atoms with E-state index in [1.54, 1.807) is 0 Å². The van der Waals surface area contributed by atoms with Crippen LogP contribution >= 0.6 is 0 Å². The molecule has 0 spiro atoms. The monoisotopic (exact) mass is 182 g/mol. The lowest BCUT2D eigenvalue weighted by atomic mass is 10.0. The molecular weight excluding hydrogens is 160 g/mol. The summed E-state index contributed by atoms with van der Waals surface area (Å²) in [4.78, 5) is 0. The number of hydrogen-bond donors (Lipinski definition) is 1. The highest BCUT2D eigenvalue weighted by molar-refractivity contribution is 4.93. The van der Waals surface area contributed by atoms with Crippen molar-refractivity contribution >= 4 is 0 Å². The van der Waals surface area contributed by atoms with Gasteiger partial charge in [-0.25, -0.2) is 0 Å². The standard InChI is InChI=1S/C12H22O/c1-4-11(2)7-5-8-12(3)9-6-10-13/h5-7,9,11-13H,4,8,10H2,1-3H3. The van der Waals surface area contributed by atoms with Gasteiger partial charge in [-0.05, 0) is 18.3 Å². The largest absolute Gasteiger partial charge is 0.392 e. The molecule has 0 heterocycles. The van der Waals surface area contributed by atoms with Crippen LogP contribution in [-0.2, 0) is 0 Å². The zero-order chi connectivity index (χ0) is 10.1. The summed E-state index contributed by atoms with van der Waals surface area (Å²) in [5, 5.41) is 8.56. The van der Waals surface area contributed by atoms with Crippen LogP contribution in [0.4, 0.5) is 0 Å². The molecule has 0 saturated carbocycles. The molecule has 0 saturated heterocycles. The maximum atomic E-state index is 8.56. The van der Waals surface area contributed by atoms with E-state index < -0.39 is 0 Å². The second kappa shape index (κ2) is 8.06. The summed E-state index contributed by atoms with van der Waals surface area (Å²) in [7, 11) is 0. The summed E-state index contributed by atoms with van der Waals surface area (Å²) in [5.41, 5.74) is 0. The maximum Gasteiger partial charge on any atom is 0.0612 e. The van der Waals surface area contributed by atoms with Crippen molar-refractivity contribution in [2.45, 2.75) is 33.6 Å². The molecular formula is C12H22O. The molecule has 13 heavy (non-hydrogen) atoms. The SMILES string of the molecule is CCC(C)C=CCC(C)C=CCO. The van der Waals surface area contributed by atoms with Gasteiger partial charge in [-0.3, -0.25) is 0 Å². The maximum absolute atomic E-state index is 8.56. The van der Waals surface area contributed by atoms with Gasteiger partial charge in [0, 0.05) is 0 Å². The molecule has 0 radical (unpaired) electrons. The Balaban J connectivity index is 3.62. The van der Waals surface area contributed by atoms with Gasteiger partial charge in [-0.15, -0.1) is 0 Å². The van der Waals surface area contributed by atoms with Crippen molar-refractivity contribution < 1.29 is 5.11 Å². The lowest BCUT2D eigenvalue weighted by Crippen LogP contribution is -1.89. The predicted octanol–water partition coefficient (Wildman–Crippen LogP) is 3.16. The van der Waals surface area contributed by atoms with Gasteiger partial charge in [0.15, 0.2) is 0 Å². The topological polar surface area (TPSA) is 20.2 Å². The van der Waals surface area contributed by atoms with E-state index in [4.69, 9.17) is 5.11 Å². The number of aliphatic hydroxyl groups is 1. The third-order valence-electron chi connectivity index (χ3n) is 2.19. The molecule has 0 aliphatic rings. The summed E-state index contributed by atoms with van der Waals surface area (Å²) >= 11 is 0. The lowest BCUT2D eigenvalue weighted by molar-refractivity contribution is 0.342. The molecule has 1 heteroatoms. The van der Waals surface area contributed by atoms with Crippen molar-refractivity contribution in [1.82, 2.24) is 0 Å². The quantitative estimate of drug-likeness (QED) is 0.626. The van der Waals surface area contributed by atoms with Gasteiger partial charge in [0.1, 0.15) is 0 Å². The van der Waals surface area contributed by atoms with E-state index >= 15 is 0 Å². The number of hydrogen-bond acceptors (Lipinski definition) is 1. The molecule has 0 fully saturated rings. The second-order valence-corrected chi connectivity index (χ2v) is 3.64. The molecule has 76 valence electrons. The Morgan fingerprint density at radius 1 is 1.08 bits per heavy atom. The van der Waals surface area contributed by atoms with Crippen molar-refractivity contribution in [3.05, 3.63) is 24.3 Å². The normalized spacial score (nSPS) is 16.9. The first-order chi connectivity index (χ1) is 6.20. The van der Waals surface area contributed by atoms with Gasteiger partial charge in [0.2, 0.25) is 0 Å². The summed E-state index contributed by atoms with van der Waals surface area (Å²) in [5.74, 6) is 1.22. The minimum Gasteiger partial charge on any atom is -0.392 e. The van der Waals surface area contributed by atoms with Crippen LogP contribution in [0.2, 0.25) is 0 Å². The third kappa shape index (κ3) is 7.79. The van der Waals surface area contributed by atoms with Crippen LogP contribution in [0.25, 0.3) is 0 Å². The summed E-state index contributed by atoms with van der Waals surface area (Å²) in [6.07, 6.45) is 10.6. The Bertz CT molecular complexity index is 159. The molecule has 0 amide bonds. The van der Waals surface area contributed by atoms with Crippen LogP contribution in [0.3, 0.4) is 0 Å². The van der Waals surface area contributed by atoms with E-state index in [-0.39, 0.29) is 6.61 Å². The zero-order valence-electron chi connectivity index (χ0n) is 9.03. The number of allylic oxidation sites excluding steroid dienone is 3. The number of aliphatic hydroxyl groups excluding tert-OH is 1. The van der Waals surface area contributed by atoms with E-state index in [0.717, 1.165) is 6.42 Å². The molecule has 0 aromatic heterocycles. The average molecular weight is 182 g/mol. The Hall–Kier alpha value is -0.560. The molecule has 2 atom stereocenters. The molecule has 0 aromatic carbocycles. The first-order valence-electron chi connectivity index (χ1n) is 5.14. The Kier molecular flexibility index (Phi) is 7.71. The van der Waals surface area contributed by atoms with E-state index in [2.05, 4.69) is 39.0 Å². The summed E-state index contributed by atoms with van der Waals surface area (Å²) in [6, 6.07) is 0. The van der Waals surface area contributed by atoms with Crippen LogP contribution in [0.5, 0.6) is 0 Å². The molecule has 0 aliphatic heterocycles. The van der Waals surface area contributed by atoms with Crippen LogP contribution < -0.4 is 0 Å². The van der Waals surface area contributed by atoms with E-state index in [1.165, 1.54) is 6.42 Å². The van der Waals surface area contributed by atoms with Gasteiger partial charge >= 0.3 is 0 Å². The Morgan fingerprint density at radius 2 is 1.69 bits per heavy atom. The van der Waals surface area contributed by atoms with Gasteiger partial charge in [-0.1, -0.05) is 51.5 Å². The van der Waals surface area contributed by atoms with Crippen molar-refractivity contribution in [2.75, 3.05) is 6.61 Å². The predicted molar refractivity (Wildman–Crippen MR) is 58.6 cm³/mol. The van der Waals surface area contributed by atoms with Crippen molar-refractivity contribution in [3.63, 3.8) is 0 Å². The fraction of sp³-hybridized carbons (Fsp3) is 0.667. The van der Waals surface area contributed by atoms with Crippen molar-refractivity contribution in [2.24, 2.45) is 11.8 Å². The van der Waals surface area contributed by atoms with E-state index in [1.807, 2.05) is 6.08 Å². The van der Waals surface area contributed by atoms with Crippen LogP contribution in [0.1, 0.15) is 33.6 Å². The zero-order valence-corrected chi connectivity index (χ0v) is 9.03. The highest BCUT2D eigenvalue weighted by Crippen LogP contribution is 2.08. The van der Waals surface area contributed by atoms with E-state index in [0.29, 0.717) is 11.8 Å². The van der Waals surface area contributed by atoms with Gasteiger partial charge < -0.3 is 5.11 Å². The fourth-order valence-corrected chi connectivity index (χ4v) is 1.03. The van der Waals surface area contributed by atoms with E-state index in [9.17, 15) is 0 Å². The highest BCUT2D eigenvalue weighted by atomic mass is 16.2. The lowest BCUT2D eigenvalue weighted by Gasteiger charge is -2.02. The highest BCUT2D eigenvalue weighted by Gasteiger charge is 1.94. The first-order valence-corrected chi connectivity index (χ1v) is 5.14. The third-order valence-corrected chi connectivity index (χ3v) is 2.19. The molecule has 1 N–H and O–H groups in total. The van der Waals surface area contributed by atoms with Gasteiger partial charge in [-0.2, -0.15) is 0 Å². The van der Waals surface area contributed by atoms with Crippen molar-refractivity contribution in [3.8, 4) is 0 Å². The van der Waals surface area contributed by atoms with Crippen LogP contribution in [-0.4, -0.2) is 11.7 Å². The Morgan fingerprint density at radius 3 is 2.23 bits per heavy atom. The van der Waals surface area contributed by atoms with Crippen molar-refractivity contribution in [1.29, 1.82) is 0 Å². The minimum absolute atomic E-state index is 0.152.